The number of nitrogens with zero attached hydrogens (tertiary/aromatic N) is 1. The van der Waals surface area contributed by atoms with Crippen LogP contribution < -0.4 is 0 Å². The number of rotatable bonds is 3. The molecule has 20 heavy (non-hydrogen) atoms. The molecule has 0 saturated carbocycles. The molecule has 0 atom stereocenters. The molecular formula is C15H10ClNO2S. The zero-order chi connectivity index (χ0) is 14.7. The number of hydrogen-bond acceptors (Lipinski definition) is 3. The van der Waals surface area contributed by atoms with Crippen LogP contribution >= 0.6 is 23.4 Å². The number of carbonyl (C=O) groups is 1. The molecule has 0 aliphatic rings. The lowest BCUT2D eigenvalue weighted by Gasteiger charge is -2.07. The van der Waals surface area contributed by atoms with Crippen molar-refractivity contribution in [1.82, 2.24) is 0 Å². The van der Waals surface area contributed by atoms with Gasteiger partial charge in [-0.3, -0.25) is 0 Å². The molecule has 0 fully saturated rings. The topological polar surface area (TPSA) is 61.1 Å². The third-order valence-corrected chi connectivity index (χ3v) is 4.03. The lowest BCUT2D eigenvalue weighted by molar-refractivity contribution is 0.0696. The van der Waals surface area contributed by atoms with E-state index < -0.39 is 5.97 Å². The first-order valence-corrected chi connectivity index (χ1v) is 6.92. The molecule has 3 nitrogen and oxygen atoms in total. The number of carboxylic acid groups (broad SMARTS) is 1. The number of aryl methyl sites for hydroxylation is 1. The van der Waals surface area contributed by atoms with Crippen LogP contribution in [0.1, 0.15) is 21.5 Å². The minimum absolute atomic E-state index is 0.266. The summed E-state index contributed by atoms with van der Waals surface area (Å²) in [5.41, 5.74) is 1.45. The predicted octanol–water partition coefficient (Wildman–Crippen LogP) is 4.37. The van der Waals surface area contributed by atoms with Crippen LogP contribution in [-0.4, -0.2) is 11.1 Å². The van der Waals surface area contributed by atoms with Gasteiger partial charge in [-0.05, 0) is 42.8 Å². The highest BCUT2D eigenvalue weighted by Gasteiger charge is 2.10. The molecule has 0 amide bonds. The van der Waals surface area contributed by atoms with Crippen molar-refractivity contribution in [3.63, 3.8) is 0 Å². The number of halogens is 1. The molecule has 0 heterocycles. The van der Waals surface area contributed by atoms with E-state index in [4.69, 9.17) is 22.0 Å². The van der Waals surface area contributed by atoms with Crippen molar-refractivity contribution in [2.24, 2.45) is 0 Å². The molecule has 2 rings (SSSR count). The second-order valence-electron chi connectivity index (χ2n) is 4.14. The van der Waals surface area contributed by atoms with Crippen molar-refractivity contribution in [2.75, 3.05) is 0 Å². The molecule has 0 aliphatic carbocycles. The molecule has 0 radical (unpaired) electrons. The van der Waals surface area contributed by atoms with E-state index in [0.29, 0.717) is 16.1 Å². The number of benzene rings is 2. The largest absolute Gasteiger partial charge is 0.478 e. The van der Waals surface area contributed by atoms with Crippen LogP contribution in [0.4, 0.5) is 0 Å². The average Bonchev–Trinajstić information content (AvgIpc) is 2.42. The molecule has 100 valence electrons. The van der Waals surface area contributed by atoms with E-state index in [1.54, 1.807) is 37.3 Å². The van der Waals surface area contributed by atoms with E-state index in [2.05, 4.69) is 6.07 Å². The molecule has 1 N–H and O–H groups in total. The first kappa shape index (κ1) is 14.4. The minimum Gasteiger partial charge on any atom is -0.478 e. The molecule has 0 aromatic heterocycles. The average molecular weight is 304 g/mol. The normalized spacial score (nSPS) is 10.1. The second-order valence-corrected chi connectivity index (χ2v) is 5.69. The van der Waals surface area contributed by atoms with Crippen LogP contribution in [0, 0.1) is 18.3 Å². The third kappa shape index (κ3) is 3.13. The zero-order valence-electron chi connectivity index (χ0n) is 10.6. The lowest BCUT2D eigenvalue weighted by atomic mass is 10.1. The van der Waals surface area contributed by atoms with Gasteiger partial charge in [0.2, 0.25) is 0 Å². The molecule has 0 aliphatic heterocycles. The molecule has 0 bridgehead atoms. The van der Waals surface area contributed by atoms with Crippen LogP contribution in [0.5, 0.6) is 0 Å². The first-order valence-electron chi connectivity index (χ1n) is 5.72. The maximum Gasteiger partial charge on any atom is 0.335 e. The van der Waals surface area contributed by atoms with E-state index in [1.165, 1.54) is 11.8 Å². The second kappa shape index (κ2) is 6.00. The van der Waals surface area contributed by atoms with E-state index in [-0.39, 0.29) is 5.56 Å². The number of nitriles is 1. The fourth-order valence-corrected chi connectivity index (χ4v) is 2.79. The summed E-state index contributed by atoms with van der Waals surface area (Å²) in [4.78, 5) is 12.6. The van der Waals surface area contributed by atoms with Crippen LogP contribution in [0.25, 0.3) is 0 Å². The van der Waals surface area contributed by atoms with Gasteiger partial charge in [0.25, 0.3) is 0 Å². The van der Waals surface area contributed by atoms with Gasteiger partial charge in [0.15, 0.2) is 0 Å². The minimum atomic E-state index is -0.957. The number of hydrogen-bond donors (Lipinski definition) is 1. The maximum atomic E-state index is 11.1. The molecule has 5 heteroatoms. The lowest BCUT2D eigenvalue weighted by Crippen LogP contribution is -1.99. The Morgan fingerprint density at radius 1 is 1.30 bits per heavy atom. The smallest absolute Gasteiger partial charge is 0.335 e. The van der Waals surface area contributed by atoms with Crippen LogP contribution in [0.15, 0.2) is 46.2 Å². The van der Waals surface area contributed by atoms with Gasteiger partial charge < -0.3 is 5.11 Å². The molecule has 2 aromatic rings. The van der Waals surface area contributed by atoms with Crippen molar-refractivity contribution in [1.29, 1.82) is 5.26 Å². The molecular weight excluding hydrogens is 294 g/mol. The molecule has 0 spiro atoms. The fraction of sp³-hybridized carbons (Fsp3) is 0.0667. The van der Waals surface area contributed by atoms with Crippen LogP contribution in [0.2, 0.25) is 5.02 Å². The molecule has 2 aromatic carbocycles. The summed E-state index contributed by atoms with van der Waals surface area (Å²) in [6.07, 6.45) is 0. The Balaban J connectivity index is 2.38. The summed E-state index contributed by atoms with van der Waals surface area (Å²) >= 11 is 7.19. The number of carboxylic acids is 1. The van der Waals surface area contributed by atoms with Crippen molar-refractivity contribution >= 4 is 29.3 Å². The summed E-state index contributed by atoms with van der Waals surface area (Å²) < 4.78 is 0. The fourth-order valence-electron chi connectivity index (χ4n) is 1.70. The summed E-state index contributed by atoms with van der Waals surface area (Å²) in [5.74, 6) is -0.957. The summed E-state index contributed by atoms with van der Waals surface area (Å²) in [5, 5.41) is 18.7. The standard InChI is InChI=1S/C15H10ClNO2S/c1-9-2-4-12(7-13(9)15(18)19)20-14-5-3-11(16)6-10(14)8-17/h2-7H,1H3,(H,18,19). The van der Waals surface area contributed by atoms with Gasteiger partial charge >= 0.3 is 5.97 Å². The molecule has 0 unspecified atom stereocenters. The highest BCUT2D eigenvalue weighted by Crippen LogP contribution is 2.32. The SMILES string of the molecule is Cc1ccc(Sc2ccc(Cl)cc2C#N)cc1C(=O)O. The Morgan fingerprint density at radius 2 is 2.05 bits per heavy atom. The van der Waals surface area contributed by atoms with Crippen LogP contribution in [-0.2, 0) is 0 Å². The van der Waals surface area contributed by atoms with Gasteiger partial charge in [0.05, 0.1) is 11.1 Å². The van der Waals surface area contributed by atoms with E-state index in [0.717, 1.165) is 9.79 Å². The zero-order valence-corrected chi connectivity index (χ0v) is 12.1. The highest BCUT2D eigenvalue weighted by atomic mass is 35.5. The van der Waals surface area contributed by atoms with Gasteiger partial charge in [-0.2, -0.15) is 5.26 Å². The van der Waals surface area contributed by atoms with Crippen molar-refractivity contribution in [2.45, 2.75) is 16.7 Å². The summed E-state index contributed by atoms with van der Waals surface area (Å²) in [6, 6.07) is 12.3. The Kier molecular flexibility index (Phi) is 4.33. The Labute approximate surface area is 125 Å². The van der Waals surface area contributed by atoms with Gasteiger partial charge in [0, 0.05) is 14.8 Å². The van der Waals surface area contributed by atoms with E-state index >= 15 is 0 Å². The van der Waals surface area contributed by atoms with Crippen molar-refractivity contribution < 1.29 is 9.90 Å². The summed E-state index contributed by atoms with van der Waals surface area (Å²) in [6.45, 7) is 1.75. The Morgan fingerprint density at radius 3 is 2.70 bits per heavy atom. The molecule has 0 saturated heterocycles. The first-order chi connectivity index (χ1) is 9.51. The van der Waals surface area contributed by atoms with Gasteiger partial charge in [-0.1, -0.05) is 29.4 Å². The Bertz CT molecular complexity index is 722. The maximum absolute atomic E-state index is 11.1. The van der Waals surface area contributed by atoms with Crippen molar-refractivity contribution in [3.05, 3.63) is 58.1 Å². The van der Waals surface area contributed by atoms with E-state index in [9.17, 15) is 4.79 Å². The van der Waals surface area contributed by atoms with Gasteiger partial charge in [0.1, 0.15) is 6.07 Å². The number of aromatic carboxylic acids is 1. The third-order valence-electron chi connectivity index (χ3n) is 2.73. The van der Waals surface area contributed by atoms with Crippen LogP contribution in [0.3, 0.4) is 0 Å². The quantitative estimate of drug-likeness (QED) is 0.914. The summed E-state index contributed by atoms with van der Waals surface area (Å²) in [7, 11) is 0. The predicted molar refractivity (Wildman–Crippen MR) is 78.4 cm³/mol. The highest BCUT2D eigenvalue weighted by molar-refractivity contribution is 7.99. The van der Waals surface area contributed by atoms with Crippen molar-refractivity contribution in [3.8, 4) is 6.07 Å². The monoisotopic (exact) mass is 303 g/mol. The van der Waals surface area contributed by atoms with Gasteiger partial charge in [-0.25, -0.2) is 4.79 Å². The van der Waals surface area contributed by atoms with E-state index in [1.807, 2.05) is 6.07 Å². The Hall–Kier alpha value is -1.96. The van der Waals surface area contributed by atoms with Gasteiger partial charge in [-0.15, -0.1) is 0 Å².